The van der Waals surface area contributed by atoms with Crippen molar-refractivity contribution < 1.29 is 13.5 Å². The van der Waals surface area contributed by atoms with E-state index < -0.39 is 10.2 Å². The van der Waals surface area contributed by atoms with E-state index in [4.69, 9.17) is 5.11 Å². The first-order chi connectivity index (χ1) is 9.05. The molecule has 0 saturated carbocycles. The molecule has 19 heavy (non-hydrogen) atoms. The zero-order valence-corrected chi connectivity index (χ0v) is 12.4. The minimum atomic E-state index is -3.55. The van der Waals surface area contributed by atoms with E-state index in [0.717, 1.165) is 11.4 Å². The van der Waals surface area contributed by atoms with E-state index in [-0.39, 0.29) is 12.5 Å². The topological polar surface area (TPSA) is 95.4 Å². The third kappa shape index (κ3) is 3.62. The van der Waals surface area contributed by atoms with Gasteiger partial charge in [0.05, 0.1) is 0 Å². The maximum Gasteiger partial charge on any atom is 0.303 e. The number of rotatable bonds is 5. The van der Waals surface area contributed by atoms with Crippen LogP contribution in [0.25, 0.3) is 0 Å². The molecule has 2 N–H and O–H groups in total. The fourth-order valence-electron chi connectivity index (χ4n) is 1.94. The Labute approximate surface area is 116 Å². The van der Waals surface area contributed by atoms with E-state index in [1.54, 1.807) is 0 Å². The molecule has 1 aliphatic heterocycles. The van der Waals surface area contributed by atoms with Crippen LogP contribution in [0.3, 0.4) is 0 Å². The predicted molar refractivity (Wildman–Crippen MR) is 73.2 cm³/mol. The van der Waals surface area contributed by atoms with Crippen molar-refractivity contribution in [2.45, 2.75) is 26.2 Å². The van der Waals surface area contributed by atoms with Crippen LogP contribution in [0, 0.1) is 5.92 Å². The van der Waals surface area contributed by atoms with E-state index >= 15 is 0 Å². The van der Waals surface area contributed by atoms with Crippen molar-refractivity contribution in [1.29, 1.82) is 0 Å². The second kappa shape index (κ2) is 6.12. The maximum atomic E-state index is 12.1. The van der Waals surface area contributed by atoms with Gasteiger partial charge in [-0.1, -0.05) is 18.3 Å². The van der Waals surface area contributed by atoms with Gasteiger partial charge in [-0.2, -0.15) is 12.7 Å². The van der Waals surface area contributed by atoms with Gasteiger partial charge in [-0.05, 0) is 25.2 Å². The number of nitrogens with zero attached hydrogens (tertiary/aromatic N) is 3. The number of aliphatic hydroxyl groups is 1. The molecule has 1 aromatic heterocycles. The predicted octanol–water partition coefficient (Wildman–Crippen LogP) is 0.462. The van der Waals surface area contributed by atoms with Gasteiger partial charge in [0.15, 0.2) is 0 Å². The number of aliphatic hydroxyl groups excluding tert-OH is 1. The lowest BCUT2D eigenvalue weighted by Gasteiger charge is -2.29. The second-order valence-corrected chi connectivity index (χ2v) is 7.22. The van der Waals surface area contributed by atoms with E-state index in [1.165, 1.54) is 15.6 Å². The van der Waals surface area contributed by atoms with Crippen LogP contribution in [0.4, 0.5) is 5.13 Å². The first-order valence-electron chi connectivity index (χ1n) is 6.26. The monoisotopic (exact) mass is 306 g/mol. The SMILES string of the molecule is CCc1nnc(NS(=O)(=O)N2CCC(CO)CC2)s1. The Balaban J connectivity index is 1.98. The molecule has 108 valence electrons. The van der Waals surface area contributed by atoms with Gasteiger partial charge in [0.2, 0.25) is 5.13 Å². The highest BCUT2D eigenvalue weighted by Crippen LogP contribution is 2.22. The minimum absolute atomic E-state index is 0.123. The Hall–Kier alpha value is -0.770. The van der Waals surface area contributed by atoms with Gasteiger partial charge in [-0.3, -0.25) is 0 Å². The van der Waals surface area contributed by atoms with Crippen molar-refractivity contribution in [3.05, 3.63) is 5.01 Å². The number of aryl methyl sites for hydroxylation is 1. The van der Waals surface area contributed by atoms with Crippen molar-refractivity contribution in [3.8, 4) is 0 Å². The maximum absolute atomic E-state index is 12.1. The van der Waals surface area contributed by atoms with Crippen LogP contribution in [0.15, 0.2) is 0 Å². The van der Waals surface area contributed by atoms with Gasteiger partial charge in [-0.15, -0.1) is 10.2 Å². The van der Waals surface area contributed by atoms with Crippen LogP contribution in [0.5, 0.6) is 0 Å². The summed E-state index contributed by atoms with van der Waals surface area (Å²) in [6, 6.07) is 0. The van der Waals surface area contributed by atoms with Crippen LogP contribution in [0.2, 0.25) is 0 Å². The third-order valence-electron chi connectivity index (χ3n) is 3.16. The van der Waals surface area contributed by atoms with Crippen molar-refractivity contribution in [3.63, 3.8) is 0 Å². The normalized spacial score (nSPS) is 18.6. The van der Waals surface area contributed by atoms with Gasteiger partial charge < -0.3 is 5.11 Å². The second-order valence-electron chi connectivity index (χ2n) is 4.49. The van der Waals surface area contributed by atoms with Gasteiger partial charge in [0.25, 0.3) is 0 Å². The highest BCUT2D eigenvalue weighted by Gasteiger charge is 2.28. The molecule has 0 atom stereocenters. The molecule has 2 rings (SSSR count). The van der Waals surface area contributed by atoms with Gasteiger partial charge >= 0.3 is 10.2 Å². The number of piperidine rings is 1. The summed E-state index contributed by atoms with van der Waals surface area (Å²) in [5, 5.41) is 17.8. The molecule has 0 radical (unpaired) electrons. The smallest absolute Gasteiger partial charge is 0.303 e. The molecule has 1 fully saturated rings. The molecule has 0 amide bonds. The molecule has 2 heterocycles. The molecule has 0 bridgehead atoms. The van der Waals surface area contributed by atoms with Crippen LogP contribution in [-0.4, -0.2) is 47.7 Å². The lowest BCUT2D eigenvalue weighted by molar-refractivity contribution is 0.170. The lowest BCUT2D eigenvalue weighted by Crippen LogP contribution is -2.42. The zero-order chi connectivity index (χ0) is 13.9. The Morgan fingerprint density at radius 3 is 2.63 bits per heavy atom. The van der Waals surface area contributed by atoms with Gasteiger partial charge in [0.1, 0.15) is 5.01 Å². The number of nitrogens with one attached hydrogen (secondary N) is 1. The lowest BCUT2D eigenvalue weighted by atomic mass is 10.00. The van der Waals surface area contributed by atoms with E-state index in [1.807, 2.05) is 6.92 Å². The molecule has 1 saturated heterocycles. The van der Waals surface area contributed by atoms with Crippen molar-refractivity contribution >= 4 is 26.7 Å². The molecular weight excluding hydrogens is 288 g/mol. The van der Waals surface area contributed by atoms with Gasteiger partial charge in [0, 0.05) is 19.7 Å². The van der Waals surface area contributed by atoms with E-state index in [2.05, 4.69) is 14.9 Å². The highest BCUT2D eigenvalue weighted by atomic mass is 32.2. The zero-order valence-electron chi connectivity index (χ0n) is 10.7. The molecule has 7 nitrogen and oxygen atoms in total. The standard InChI is InChI=1S/C10H18N4O3S2/c1-2-9-11-12-10(18-9)13-19(16,17)14-5-3-8(7-15)4-6-14/h8,15H,2-7H2,1H3,(H,12,13). The van der Waals surface area contributed by atoms with Crippen molar-refractivity contribution in [2.75, 3.05) is 24.4 Å². The molecule has 0 spiro atoms. The fraction of sp³-hybridized carbons (Fsp3) is 0.800. The fourth-order valence-corrected chi connectivity index (χ4v) is 4.04. The Kier molecular flexibility index (Phi) is 4.71. The molecule has 1 aromatic rings. The molecule has 0 aliphatic carbocycles. The number of hydrogen-bond donors (Lipinski definition) is 2. The summed E-state index contributed by atoms with van der Waals surface area (Å²) in [6.07, 6.45) is 2.11. The minimum Gasteiger partial charge on any atom is -0.396 e. The Bertz CT molecular complexity index is 509. The van der Waals surface area contributed by atoms with Crippen molar-refractivity contribution in [1.82, 2.24) is 14.5 Å². The Morgan fingerprint density at radius 1 is 1.42 bits per heavy atom. The van der Waals surface area contributed by atoms with Crippen LogP contribution >= 0.6 is 11.3 Å². The van der Waals surface area contributed by atoms with E-state index in [9.17, 15) is 8.42 Å². The number of hydrogen-bond acceptors (Lipinski definition) is 6. The summed E-state index contributed by atoms with van der Waals surface area (Å²) in [5.41, 5.74) is 0. The quantitative estimate of drug-likeness (QED) is 0.824. The summed E-state index contributed by atoms with van der Waals surface area (Å²) in [7, 11) is -3.55. The average molecular weight is 306 g/mol. The van der Waals surface area contributed by atoms with Crippen molar-refractivity contribution in [2.24, 2.45) is 5.92 Å². The summed E-state index contributed by atoms with van der Waals surface area (Å²) < 4.78 is 28.1. The first kappa shape index (κ1) is 14.6. The molecule has 1 aliphatic rings. The van der Waals surface area contributed by atoms with Gasteiger partial charge in [-0.25, -0.2) is 4.72 Å². The average Bonchev–Trinajstić information content (AvgIpc) is 2.85. The van der Waals surface area contributed by atoms with Crippen LogP contribution in [0.1, 0.15) is 24.8 Å². The molecule has 0 unspecified atom stereocenters. The third-order valence-corrected chi connectivity index (χ3v) is 5.77. The summed E-state index contributed by atoms with van der Waals surface area (Å²) >= 11 is 1.25. The summed E-state index contributed by atoms with van der Waals surface area (Å²) in [5.74, 6) is 0.208. The first-order valence-corrected chi connectivity index (χ1v) is 8.52. The van der Waals surface area contributed by atoms with Crippen LogP contribution < -0.4 is 4.72 Å². The largest absolute Gasteiger partial charge is 0.396 e. The number of anilines is 1. The van der Waals surface area contributed by atoms with Crippen LogP contribution in [-0.2, 0) is 16.6 Å². The molecule has 9 heteroatoms. The summed E-state index contributed by atoms with van der Waals surface area (Å²) in [6.45, 7) is 2.93. The molecule has 0 aromatic carbocycles. The Morgan fingerprint density at radius 2 is 2.11 bits per heavy atom. The van der Waals surface area contributed by atoms with E-state index in [0.29, 0.717) is 31.1 Å². The summed E-state index contributed by atoms with van der Waals surface area (Å²) in [4.78, 5) is 0. The number of aromatic nitrogens is 2. The highest BCUT2D eigenvalue weighted by molar-refractivity contribution is 7.90. The molecular formula is C10H18N4O3S2.